The second-order valence-electron chi connectivity index (χ2n) is 4.61. The summed E-state index contributed by atoms with van der Waals surface area (Å²) in [6.07, 6.45) is 0.502. The number of amides is 1. The maximum atomic E-state index is 13.8. The molecule has 1 heterocycles. The molecule has 0 saturated carbocycles. The Labute approximate surface area is 116 Å². The van der Waals surface area contributed by atoms with Gasteiger partial charge in [0.2, 0.25) is 5.91 Å². The fourth-order valence-electron chi connectivity index (χ4n) is 2.14. The van der Waals surface area contributed by atoms with Crippen molar-refractivity contribution < 1.29 is 19.0 Å². The van der Waals surface area contributed by atoms with Crippen LogP contribution in [0.25, 0.3) is 0 Å². The molecular formula is C15H16FNO3. The van der Waals surface area contributed by atoms with Crippen LogP contribution in [0.2, 0.25) is 0 Å². The van der Waals surface area contributed by atoms with Gasteiger partial charge in [-0.2, -0.15) is 0 Å². The highest BCUT2D eigenvalue weighted by Gasteiger charge is 2.31. The molecule has 1 fully saturated rings. The SMILES string of the molecule is CC1OCCC1C(=O)Nc1ccc(C#CCO)cc1F. The lowest BCUT2D eigenvalue weighted by Crippen LogP contribution is -2.28. The first-order valence-electron chi connectivity index (χ1n) is 6.43. The number of carbonyl (C=O) groups excluding carboxylic acids is 1. The number of nitrogens with one attached hydrogen (secondary N) is 1. The molecule has 1 aliphatic heterocycles. The molecule has 0 spiro atoms. The summed E-state index contributed by atoms with van der Waals surface area (Å²) < 4.78 is 19.2. The van der Waals surface area contributed by atoms with Gasteiger partial charge in [0.05, 0.1) is 17.7 Å². The van der Waals surface area contributed by atoms with Crippen LogP contribution in [0.1, 0.15) is 18.9 Å². The van der Waals surface area contributed by atoms with Crippen molar-refractivity contribution in [2.24, 2.45) is 5.92 Å². The fraction of sp³-hybridized carbons (Fsp3) is 0.400. The number of benzene rings is 1. The quantitative estimate of drug-likeness (QED) is 0.806. The van der Waals surface area contributed by atoms with E-state index in [2.05, 4.69) is 17.2 Å². The van der Waals surface area contributed by atoms with Crippen molar-refractivity contribution in [1.29, 1.82) is 0 Å². The fourth-order valence-corrected chi connectivity index (χ4v) is 2.14. The average molecular weight is 277 g/mol. The predicted octanol–water partition coefficient (Wildman–Crippen LogP) is 1.53. The zero-order valence-corrected chi connectivity index (χ0v) is 11.1. The number of carbonyl (C=O) groups is 1. The number of aliphatic hydroxyl groups is 1. The number of hydrogen-bond acceptors (Lipinski definition) is 3. The Hall–Kier alpha value is -1.90. The van der Waals surface area contributed by atoms with Gasteiger partial charge in [-0.25, -0.2) is 4.39 Å². The van der Waals surface area contributed by atoms with Crippen LogP contribution in [0, 0.1) is 23.6 Å². The van der Waals surface area contributed by atoms with E-state index in [1.165, 1.54) is 12.1 Å². The Bertz CT molecular complexity index is 562. The van der Waals surface area contributed by atoms with Crippen molar-refractivity contribution >= 4 is 11.6 Å². The maximum Gasteiger partial charge on any atom is 0.230 e. The Kier molecular flexibility index (Phi) is 4.72. The summed E-state index contributed by atoms with van der Waals surface area (Å²) in [7, 11) is 0. The van der Waals surface area contributed by atoms with Gasteiger partial charge in [0.15, 0.2) is 0 Å². The average Bonchev–Trinajstić information content (AvgIpc) is 2.85. The third-order valence-electron chi connectivity index (χ3n) is 3.25. The Morgan fingerprint density at radius 2 is 2.40 bits per heavy atom. The van der Waals surface area contributed by atoms with Gasteiger partial charge < -0.3 is 15.2 Å². The first kappa shape index (κ1) is 14.5. The van der Waals surface area contributed by atoms with Gasteiger partial charge in [-0.05, 0) is 31.5 Å². The standard InChI is InChI=1S/C15H16FNO3/c1-10-12(6-8-20-10)15(19)17-14-5-4-11(3-2-7-18)9-13(14)16/h4-5,9-10,12,18H,6-8H2,1H3,(H,17,19). The van der Waals surface area contributed by atoms with Crippen LogP contribution >= 0.6 is 0 Å². The Morgan fingerprint density at radius 3 is 3.00 bits per heavy atom. The summed E-state index contributed by atoms with van der Waals surface area (Å²) in [5.74, 6) is 4.02. The summed E-state index contributed by atoms with van der Waals surface area (Å²) in [5.41, 5.74) is 0.579. The largest absolute Gasteiger partial charge is 0.384 e. The first-order chi connectivity index (χ1) is 9.61. The van der Waals surface area contributed by atoms with Gasteiger partial charge in [-0.3, -0.25) is 4.79 Å². The molecule has 2 atom stereocenters. The van der Waals surface area contributed by atoms with E-state index in [1.54, 1.807) is 6.07 Å². The normalized spacial score (nSPS) is 21.1. The summed E-state index contributed by atoms with van der Waals surface area (Å²) in [6, 6.07) is 4.29. The highest BCUT2D eigenvalue weighted by atomic mass is 19.1. The molecule has 1 aromatic rings. The topological polar surface area (TPSA) is 58.6 Å². The summed E-state index contributed by atoms with van der Waals surface area (Å²) >= 11 is 0. The summed E-state index contributed by atoms with van der Waals surface area (Å²) in [6.45, 7) is 2.11. The van der Waals surface area contributed by atoms with Crippen molar-refractivity contribution in [3.8, 4) is 11.8 Å². The molecule has 1 aliphatic rings. The van der Waals surface area contributed by atoms with Crippen LogP contribution in [0.4, 0.5) is 10.1 Å². The van der Waals surface area contributed by atoms with Gasteiger partial charge in [-0.15, -0.1) is 0 Å². The Balaban J connectivity index is 2.08. The number of rotatable bonds is 2. The van der Waals surface area contributed by atoms with Crippen LogP contribution in [0.15, 0.2) is 18.2 Å². The zero-order chi connectivity index (χ0) is 14.5. The Morgan fingerprint density at radius 1 is 1.60 bits per heavy atom. The molecule has 2 N–H and O–H groups in total. The molecule has 0 bridgehead atoms. The molecule has 1 amide bonds. The highest BCUT2D eigenvalue weighted by molar-refractivity contribution is 5.93. The van der Waals surface area contributed by atoms with E-state index in [1.807, 2.05) is 6.92 Å². The lowest BCUT2D eigenvalue weighted by molar-refractivity contribution is -0.121. The van der Waals surface area contributed by atoms with E-state index in [0.717, 1.165) is 0 Å². The molecule has 1 aromatic carbocycles. The van der Waals surface area contributed by atoms with Crippen molar-refractivity contribution in [3.63, 3.8) is 0 Å². The van der Waals surface area contributed by atoms with E-state index >= 15 is 0 Å². The highest BCUT2D eigenvalue weighted by Crippen LogP contribution is 2.23. The van der Waals surface area contributed by atoms with Crippen LogP contribution < -0.4 is 5.32 Å². The smallest absolute Gasteiger partial charge is 0.230 e. The van der Waals surface area contributed by atoms with Crippen molar-refractivity contribution in [1.82, 2.24) is 0 Å². The van der Waals surface area contributed by atoms with E-state index < -0.39 is 5.82 Å². The molecule has 20 heavy (non-hydrogen) atoms. The predicted molar refractivity (Wildman–Crippen MR) is 72.5 cm³/mol. The molecule has 5 heteroatoms. The minimum atomic E-state index is -0.547. The number of anilines is 1. The maximum absolute atomic E-state index is 13.8. The molecule has 2 unspecified atom stereocenters. The van der Waals surface area contributed by atoms with Crippen molar-refractivity contribution in [2.45, 2.75) is 19.4 Å². The van der Waals surface area contributed by atoms with Crippen LogP contribution in [-0.2, 0) is 9.53 Å². The number of ether oxygens (including phenoxy) is 1. The molecule has 2 rings (SSSR count). The van der Waals surface area contributed by atoms with Gasteiger partial charge in [0.1, 0.15) is 12.4 Å². The molecule has 0 aromatic heterocycles. The summed E-state index contributed by atoms with van der Waals surface area (Å²) in [5, 5.41) is 11.2. The minimum absolute atomic E-state index is 0.128. The molecule has 4 nitrogen and oxygen atoms in total. The molecule has 0 aliphatic carbocycles. The van der Waals surface area contributed by atoms with E-state index in [9.17, 15) is 9.18 Å². The van der Waals surface area contributed by atoms with Crippen LogP contribution in [0.5, 0.6) is 0 Å². The van der Waals surface area contributed by atoms with E-state index in [4.69, 9.17) is 9.84 Å². The van der Waals surface area contributed by atoms with Crippen molar-refractivity contribution in [2.75, 3.05) is 18.5 Å². The molecule has 106 valence electrons. The number of aliphatic hydroxyl groups excluding tert-OH is 1. The number of hydrogen-bond donors (Lipinski definition) is 2. The molecule has 1 saturated heterocycles. The summed E-state index contributed by atoms with van der Waals surface area (Å²) in [4.78, 5) is 12.0. The van der Waals surface area contributed by atoms with E-state index in [0.29, 0.717) is 18.6 Å². The second kappa shape index (κ2) is 6.51. The van der Waals surface area contributed by atoms with Crippen LogP contribution in [-0.4, -0.2) is 30.3 Å². The zero-order valence-electron chi connectivity index (χ0n) is 11.1. The van der Waals surface area contributed by atoms with Gasteiger partial charge in [-0.1, -0.05) is 11.8 Å². The van der Waals surface area contributed by atoms with Crippen molar-refractivity contribution in [3.05, 3.63) is 29.6 Å². The monoisotopic (exact) mass is 277 g/mol. The molecule has 0 radical (unpaired) electrons. The lowest BCUT2D eigenvalue weighted by atomic mass is 10.0. The van der Waals surface area contributed by atoms with E-state index in [-0.39, 0.29) is 30.2 Å². The van der Waals surface area contributed by atoms with Crippen LogP contribution in [0.3, 0.4) is 0 Å². The third-order valence-corrected chi connectivity index (χ3v) is 3.25. The number of halogens is 1. The third kappa shape index (κ3) is 3.35. The second-order valence-corrected chi connectivity index (χ2v) is 4.61. The minimum Gasteiger partial charge on any atom is -0.384 e. The first-order valence-corrected chi connectivity index (χ1v) is 6.43. The van der Waals surface area contributed by atoms with Gasteiger partial charge >= 0.3 is 0 Å². The molecular weight excluding hydrogens is 261 g/mol. The van der Waals surface area contributed by atoms with Gasteiger partial charge in [0.25, 0.3) is 0 Å². The van der Waals surface area contributed by atoms with Gasteiger partial charge in [0, 0.05) is 12.2 Å². The lowest BCUT2D eigenvalue weighted by Gasteiger charge is -2.14.